The second-order valence-corrected chi connectivity index (χ2v) is 5.72. The van der Waals surface area contributed by atoms with Crippen molar-refractivity contribution in [2.24, 2.45) is 5.73 Å². The highest BCUT2D eigenvalue weighted by Gasteiger charge is 2.15. The van der Waals surface area contributed by atoms with Crippen LogP contribution in [0.5, 0.6) is 0 Å². The first-order valence-electron chi connectivity index (χ1n) is 6.69. The largest absolute Gasteiger partial charge is 0.337 e. The molecule has 0 atom stereocenters. The van der Waals surface area contributed by atoms with Gasteiger partial charge in [0.2, 0.25) is 0 Å². The summed E-state index contributed by atoms with van der Waals surface area (Å²) in [6, 6.07) is 9.85. The lowest BCUT2D eigenvalue weighted by Gasteiger charge is -2.17. The van der Waals surface area contributed by atoms with E-state index in [4.69, 9.17) is 5.73 Å². The number of hydrogen-bond donors (Lipinski definition) is 1. The maximum Gasteiger partial charge on any atom is 0.264 e. The van der Waals surface area contributed by atoms with Crippen LogP contribution >= 0.6 is 11.3 Å². The van der Waals surface area contributed by atoms with Crippen LogP contribution in [0.3, 0.4) is 0 Å². The van der Waals surface area contributed by atoms with Crippen LogP contribution in [0.25, 0.3) is 0 Å². The van der Waals surface area contributed by atoms with Crippen molar-refractivity contribution in [3.8, 4) is 11.8 Å². The normalized spacial score (nSPS) is 9.86. The molecule has 108 valence electrons. The topological polar surface area (TPSA) is 46.3 Å². The first-order valence-corrected chi connectivity index (χ1v) is 7.57. The van der Waals surface area contributed by atoms with Crippen LogP contribution in [0.1, 0.15) is 26.4 Å². The van der Waals surface area contributed by atoms with Gasteiger partial charge in [-0.15, -0.1) is 11.3 Å². The van der Waals surface area contributed by atoms with Gasteiger partial charge >= 0.3 is 0 Å². The van der Waals surface area contributed by atoms with Crippen molar-refractivity contribution in [2.45, 2.75) is 13.5 Å². The SMILES string of the molecule is Cc1ccsc1C(=O)N(C)Cc1cccc(C#CCN)c1. The molecule has 2 aromatic rings. The summed E-state index contributed by atoms with van der Waals surface area (Å²) < 4.78 is 0. The van der Waals surface area contributed by atoms with Gasteiger partial charge in [-0.05, 0) is 41.6 Å². The van der Waals surface area contributed by atoms with Gasteiger partial charge in [0.25, 0.3) is 5.91 Å². The van der Waals surface area contributed by atoms with Gasteiger partial charge in [0, 0.05) is 19.2 Å². The molecule has 1 aromatic heterocycles. The maximum absolute atomic E-state index is 12.4. The van der Waals surface area contributed by atoms with Crippen molar-refractivity contribution in [3.05, 3.63) is 57.3 Å². The fourth-order valence-electron chi connectivity index (χ4n) is 2.01. The molecule has 0 spiro atoms. The molecule has 0 bridgehead atoms. The van der Waals surface area contributed by atoms with Crippen LogP contribution in [0.2, 0.25) is 0 Å². The minimum absolute atomic E-state index is 0.0564. The minimum atomic E-state index is 0.0564. The number of thiophene rings is 1. The standard InChI is InChI=1S/C17H18N2OS/c1-13-8-10-21-16(13)17(20)19(2)12-15-6-3-5-14(11-15)7-4-9-18/h3,5-6,8,10-11H,9,12,18H2,1-2H3. The average molecular weight is 298 g/mol. The summed E-state index contributed by atoms with van der Waals surface area (Å²) in [6.45, 7) is 2.87. The summed E-state index contributed by atoms with van der Waals surface area (Å²) in [4.78, 5) is 14.9. The van der Waals surface area contributed by atoms with Crippen molar-refractivity contribution < 1.29 is 4.79 Å². The van der Waals surface area contributed by atoms with Crippen LogP contribution in [0, 0.1) is 18.8 Å². The van der Waals surface area contributed by atoms with E-state index in [1.54, 1.807) is 4.90 Å². The van der Waals surface area contributed by atoms with Gasteiger partial charge < -0.3 is 10.6 Å². The fraction of sp³-hybridized carbons (Fsp3) is 0.235. The van der Waals surface area contributed by atoms with E-state index in [-0.39, 0.29) is 5.91 Å². The molecule has 21 heavy (non-hydrogen) atoms. The van der Waals surface area contributed by atoms with Crippen molar-refractivity contribution in [2.75, 3.05) is 13.6 Å². The predicted octanol–water partition coefficient (Wildman–Crippen LogP) is 2.64. The molecule has 4 heteroatoms. The number of aryl methyl sites for hydroxylation is 1. The Morgan fingerprint density at radius 2 is 2.19 bits per heavy atom. The smallest absolute Gasteiger partial charge is 0.264 e. The Labute approximate surface area is 129 Å². The molecule has 0 aliphatic heterocycles. The van der Waals surface area contributed by atoms with E-state index in [1.807, 2.05) is 49.7 Å². The van der Waals surface area contributed by atoms with Gasteiger partial charge in [0.15, 0.2) is 0 Å². The van der Waals surface area contributed by atoms with E-state index in [1.165, 1.54) is 11.3 Å². The number of carbonyl (C=O) groups is 1. The predicted molar refractivity (Wildman–Crippen MR) is 87.2 cm³/mol. The fourth-order valence-corrected chi connectivity index (χ4v) is 2.93. The Morgan fingerprint density at radius 1 is 1.38 bits per heavy atom. The summed E-state index contributed by atoms with van der Waals surface area (Å²) in [5.74, 6) is 5.90. The molecule has 3 nitrogen and oxygen atoms in total. The number of hydrogen-bond acceptors (Lipinski definition) is 3. The van der Waals surface area contributed by atoms with Crippen LogP contribution in [0.15, 0.2) is 35.7 Å². The monoisotopic (exact) mass is 298 g/mol. The Balaban J connectivity index is 2.11. The number of carbonyl (C=O) groups excluding carboxylic acids is 1. The van der Waals surface area contributed by atoms with E-state index < -0.39 is 0 Å². The molecule has 2 N–H and O–H groups in total. The highest BCUT2D eigenvalue weighted by molar-refractivity contribution is 7.12. The zero-order valence-corrected chi connectivity index (χ0v) is 13.0. The number of amides is 1. The van der Waals surface area contributed by atoms with Crippen LogP contribution in [-0.2, 0) is 6.54 Å². The first-order chi connectivity index (χ1) is 10.1. The highest BCUT2D eigenvalue weighted by Crippen LogP contribution is 2.18. The number of nitrogens with zero attached hydrogens (tertiary/aromatic N) is 1. The lowest BCUT2D eigenvalue weighted by atomic mass is 10.1. The van der Waals surface area contributed by atoms with E-state index in [0.717, 1.165) is 21.6 Å². The van der Waals surface area contributed by atoms with Gasteiger partial charge in [0.1, 0.15) is 0 Å². The third-order valence-corrected chi connectivity index (χ3v) is 4.09. The Bertz CT molecular complexity index is 694. The van der Waals surface area contributed by atoms with Gasteiger partial charge in [-0.2, -0.15) is 0 Å². The summed E-state index contributed by atoms with van der Waals surface area (Å²) in [7, 11) is 1.82. The third-order valence-electron chi connectivity index (χ3n) is 3.08. The molecular formula is C17H18N2OS. The Morgan fingerprint density at radius 3 is 2.86 bits per heavy atom. The minimum Gasteiger partial charge on any atom is -0.337 e. The molecule has 1 heterocycles. The molecule has 0 aliphatic carbocycles. The van der Waals surface area contributed by atoms with Crippen molar-refractivity contribution in [3.63, 3.8) is 0 Å². The van der Waals surface area contributed by atoms with Crippen LogP contribution < -0.4 is 5.73 Å². The lowest BCUT2D eigenvalue weighted by molar-refractivity contribution is 0.0789. The molecule has 1 amide bonds. The van der Waals surface area contributed by atoms with E-state index in [0.29, 0.717) is 13.1 Å². The van der Waals surface area contributed by atoms with Crippen LogP contribution in [-0.4, -0.2) is 24.4 Å². The van der Waals surface area contributed by atoms with Gasteiger partial charge in [-0.1, -0.05) is 24.0 Å². The Kier molecular flexibility index (Phi) is 5.15. The summed E-state index contributed by atoms with van der Waals surface area (Å²) >= 11 is 1.48. The van der Waals surface area contributed by atoms with Gasteiger partial charge in [-0.3, -0.25) is 4.79 Å². The van der Waals surface area contributed by atoms with E-state index in [2.05, 4.69) is 11.8 Å². The molecule has 0 aliphatic rings. The molecule has 1 aromatic carbocycles. The molecule has 0 fully saturated rings. The quantitative estimate of drug-likeness (QED) is 0.886. The summed E-state index contributed by atoms with van der Waals surface area (Å²) in [5.41, 5.74) is 8.39. The number of nitrogens with two attached hydrogens (primary N) is 1. The lowest BCUT2D eigenvalue weighted by Crippen LogP contribution is -2.25. The van der Waals surface area contributed by atoms with E-state index in [9.17, 15) is 4.79 Å². The zero-order chi connectivity index (χ0) is 15.2. The van der Waals surface area contributed by atoms with Gasteiger partial charge in [0.05, 0.1) is 11.4 Å². The molecule has 0 radical (unpaired) electrons. The zero-order valence-electron chi connectivity index (χ0n) is 12.2. The van der Waals surface area contributed by atoms with Crippen LogP contribution in [0.4, 0.5) is 0 Å². The third kappa shape index (κ3) is 3.94. The summed E-state index contributed by atoms with van der Waals surface area (Å²) in [5, 5.41) is 1.94. The Hall–Kier alpha value is -2.09. The maximum atomic E-state index is 12.4. The molecule has 0 saturated carbocycles. The van der Waals surface area contributed by atoms with Crippen molar-refractivity contribution in [1.29, 1.82) is 0 Å². The van der Waals surface area contributed by atoms with Gasteiger partial charge in [-0.25, -0.2) is 0 Å². The highest BCUT2D eigenvalue weighted by atomic mass is 32.1. The number of benzene rings is 1. The summed E-state index contributed by atoms with van der Waals surface area (Å²) in [6.07, 6.45) is 0. The molecule has 2 rings (SSSR count). The second-order valence-electron chi connectivity index (χ2n) is 4.80. The second kappa shape index (κ2) is 7.07. The van der Waals surface area contributed by atoms with Crippen molar-refractivity contribution >= 4 is 17.2 Å². The van der Waals surface area contributed by atoms with Crippen molar-refractivity contribution in [1.82, 2.24) is 4.90 Å². The molecular weight excluding hydrogens is 280 g/mol. The van der Waals surface area contributed by atoms with E-state index >= 15 is 0 Å². The average Bonchev–Trinajstić information content (AvgIpc) is 2.90. The first kappa shape index (κ1) is 15.3. The number of rotatable bonds is 3. The molecule has 0 saturated heterocycles. The molecule has 0 unspecified atom stereocenters.